The Morgan fingerprint density at radius 2 is 0.714 bits per heavy atom. The summed E-state index contributed by atoms with van der Waals surface area (Å²) in [5.41, 5.74) is 0. The van der Waals surface area contributed by atoms with Crippen molar-refractivity contribution in [1.82, 2.24) is 0 Å². The molecule has 0 nitrogen and oxygen atoms in total. The minimum absolute atomic E-state index is 0. The van der Waals surface area contributed by atoms with Gasteiger partial charge in [0.1, 0.15) is 0 Å². The molecule has 0 aromatic heterocycles. The van der Waals surface area contributed by atoms with Crippen LogP contribution in [0, 0.1) is 0 Å². The van der Waals surface area contributed by atoms with Crippen molar-refractivity contribution in [2.45, 2.75) is 0 Å². The van der Waals surface area contributed by atoms with Crippen LogP contribution in [0.15, 0.2) is 0 Å². The summed E-state index contributed by atoms with van der Waals surface area (Å²) in [7, 11) is 0. The molecule has 0 amide bonds. The van der Waals surface area contributed by atoms with Gasteiger partial charge in [-0.05, 0) is 0 Å². The van der Waals surface area contributed by atoms with Crippen LogP contribution in [0.5, 0.6) is 0 Å². The van der Waals surface area contributed by atoms with Crippen molar-refractivity contribution in [2.75, 3.05) is 0 Å². The van der Waals surface area contributed by atoms with Gasteiger partial charge in [0.05, 0.1) is 0 Å². The summed E-state index contributed by atoms with van der Waals surface area (Å²) in [5.74, 6) is 0. The molecule has 0 saturated carbocycles. The molecule has 7 heteroatoms. The van der Waals surface area contributed by atoms with Crippen LogP contribution in [0.1, 0.15) is 1.43 Å². The molecular weight excluding hydrogens is 397 g/mol. The molecule has 0 bridgehead atoms. The second-order valence-electron chi connectivity index (χ2n) is 0. The molecule has 0 saturated heterocycles. The molecule has 0 fully saturated rings. The molecule has 1 radical (unpaired) electrons. The molecule has 0 heterocycles. The van der Waals surface area contributed by atoms with Gasteiger partial charge in [0, 0.05) is 32.7 Å². The average Bonchev–Trinajstić information content (AvgIpc) is 0. The SMILES string of the molecule is F.F.F.F.[BiH3].[H-].[Na+].[Y]. The minimum atomic E-state index is 0. The first-order chi connectivity index (χ1) is 0. The normalized spacial score (nSPS) is 0. The monoisotopic (exact) mass is 405 g/mol. The van der Waals surface area contributed by atoms with Crippen LogP contribution < -0.4 is 29.6 Å². The predicted molar refractivity (Wildman–Crippen MR) is 21.1 cm³/mol. The first-order valence-corrected chi connectivity index (χ1v) is 0. The molecule has 0 N–H and O–H groups in total. The number of rotatable bonds is 0. The molecule has 0 aromatic carbocycles. The van der Waals surface area contributed by atoms with Gasteiger partial charge >= 0.3 is 55.8 Å². The third kappa shape index (κ3) is 53.4. The largest absolute Gasteiger partial charge is 1.00 e. The summed E-state index contributed by atoms with van der Waals surface area (Å²) in [6.07, 6.45) is 0. The van der Waals surface area contributed by atoms with Crippen LogP contribution in [0.3, 0.4) is 0 Å². The van der Waals surface area contributed by atoms with E-state index in [9.17, 15) is 0 Å². The molecule has 0 aliphatic carbocycles. The van der Waals surface area contributed by atoms with Crippen molar-refractivity contribution in [3.8, 4) is 0 Å². The van der Waals surface area contributed by atoms with Crippen LogP contribution in [0.4, 0.5) is 18.8 Å². The molecule has 7 heavy (non-hydrogen) atoms. The summed E-state index contributed by atoms with van der Waals surface area (Å²) >= 11 is 0. The van der Waals surface area contributed by atoms with Crippen LogP contribution in [0.2, 0.25) is 0 Å². The molecule has 0 aromatic rings. The molecule has 0 unspecified atom stereocenters. The summed E-state index contributed by atoms with van der Waals surface area (Å²) < 4.78 is 0. The van der Waals surface area contributed by atoms with Crippen molar-refractivity contribution in [3.05, 3.63) is 0 Å². The smallest absolute Gasteiger partial charge is 1.00 e. The maximum absolute atomic E-state index is 0. The Kier molecular flexibility index (Phi) is 1010. The molecular formula is H8BiF4NaY. The molecule has 0 aliphatic rings. The Bertz CT molecular complexity index is 16.0. The van der Waals surface area contributed by atoms with Crippen molar-refractivity contribution < 1.29 is 82.5 Å². The molecule has 0 rings (SSSR count). The van der Waals surface area contributed by atoms with Crippen molar-refractivity contribution >= 4 is 26.2 Å². The zero-order chi connectivity index (χ0) is 0. The van der Waals surface area contributed by atoms with Gasteiger partial charge in [-0.3, -0.25) is 18.8 Å². The van der Waals surface area contributed by atoms with Gasteiger partial charge in [0.2, 0.25) is 0 Å². The maximum Gasteiger partial charge on any atom is 1.00 e. The summed E-state index contributed by atoms with van der Waals surface area (Å²) in [4.78, 5) is 0. The van der Waals surface area contributed by atoms with Gasteiger partial charge in [-0.15, -0.1) is 0 Å². The topological polar surface area (TPSA) is 0 Å². The number of halogens is 4. The fourth-order valence-electron chi connectivity index (χ4n) is 0. The van der Waals surface area contributed by atoms with E-state index in [0.29, 0.717) is 0 Å². The van der Waals surface area contributed by atoms with Crippen LogP contribution in [-0.2, 0) is 32.7 Å². The van der Waals surface area contributed by atoms with Crippen LogP contribution in [0.25, 0.3) is 0 Å². The van der Waals surface area contributed by atoms with E-state index in [0.717, 1.165) is 0 Å². The van der Waals surface area contributed by atoms with Gasteiger partial charge in [-0.1, -0.05) is 0 Å². The molecule has 0 atom stereocenters. The predicted octanol–water partition coefficient (Wildman–Crippen LogP) is -3.46. The minimum Gasteiger partial charge on any atom is -1.00 e. The van der Waals surface area contributed by atoms with Crippen LogP contribution in [-0.4, -0.2) is 26.2 Å². The summed E-state index contributed by atoms with van der Waals surface area (Å²) in [6.45, 7) is 0. The van der Waals surface area contributed by atoms with E-state index in [1.165, 1.54) is 0 Å². The Morgan fingerprint density at radius 3 is 0.714 bits per heavy atom. The molecule has 45 valence electrons. The Morgan fingerprint density at radius 1 is 0.714 bits per heavy atom. The third-order valence-electron chi connectivity index (χ3n) is 0. The number of hydrogen-bond donors (Lipinski definition) is 0. The van der Waals surface area contributed by atoms with E-state index >= 15 is 0 Å². The van der Waals surface area contributed by atoms with Gasteiger partial charge in [0.15, 0.2) is 0 Å². The Balaban J connectivity index is 0. The zero-order valence-corrected chi connectivity index (χ0v) is 14.3. The quantitative estimate of drug-likeness (QED) is 0.291. The zero-order valence-electron chi connectivity index (χ0n) is 4.92. The second-order valence-corrected chi connectivity index (χ2v) is 0. The van der Waals surface area contributed by atoms with E-state index in [2.05, 4.69) is 0 Å². The van der Waals surface area contributed by atoms with E-state index in [1.54, 1.807) is 0 Å². The third-order valence-corrected chi connectivity index (χ3v) is 0. The van der Waals surface area contributed by atoms with Gasteiger partial charge in [-0.25, -0.2) is 0 Å². The van der Waals surface area contributed by atoms with E-state index in [4.69, 9.17) is 0 Å². The second kappa shape index (κ2) is 70.6. The van der Waals surface area contributed by atoms with Crippen molar-refractivity contribution in [3.63, 3.8) is 0 Å². The Labute approximate surface area is 107 Å². The first kappa shape index (κ1) is 100. The van der Waals surface area contributed by atoms with Crippen molar-refractivity contribution in [1.29, 1.82) is 0 Å². The standard InChI is InChI=1S/Bi.4FH.Na.Y.4H/h;4*1H;;;;;;/q;;;;;+1;;;;;-1. The van der Waals surface area contributed by atoms with E-state index in [1.807, 2.05) is 0 Å². The van der Waals surface area contributed by atoms with Crippen LogP contribution >= 0.6 is 0 Å². The maximum atomic E-state index is 0. The molecule has 0 spiro atoms. The average molecular weight is 405 g/mol. The van der Waals surface area contributed by atoms with Crippen molar-refractivity contribution in [2.24, 2.45) is 0 Å². The summed E-state index contributed by atoms with van der Waals surface area (Å²) in [6, 6.07) is 0. The Hall–Kier alpha value is 2.71. The fourth-order valence-corrected chi connectivity index (χ4v) is 0. The van der Waals surface area contributed by atoms with Gasteiger partial charge in [-0.2, -0.15) is 0 Å². The van der Waals surface area contributed by atoms with E-state index < -0.39 is 0 Å². The van der Waals surface area contributed by atoms with Gasteiger partial charge < -0.3 is 1.43 Å². The summed E-state index contributed by atoms with van der Waals surface area (Å²) in [5, 5.41) is 0. The fraction of sp³-hybridized carbons (Fsp3) is 0. The number of hydrogen-bond acceptors (Lipinski definition) is 0. The van der Waals surface area contributed by atoms with Gasteiger partial charge in [0.25, 0.3) is 0 Å². The molecule has 0 aliphatic heterocycles. The first-order valence-electron chi connectivity index (χ1n) is 0. The van der Waals surface area contributed by atoms with E-state index in [-0.39, 0.29) is 109 Å².